The molecule has 0 saturated heterocycles. The highest BCUT2D eigenvalue weighted by atomic mass is 16.4. The van der Waals surface area contributed by atoms with E-state index in [2.05, 4.69) is 4.98 Å². The number of carbonyl (C=O) groups is 1. The molecule has 5 heteroatoms. The Bertz CT molecular complexity index is 829. The molecule has 0 amide bonds. The van der Waals surface area contributed by atoms with E-state index < -0.39 is 5.97 Å². The second-order valence-corrected chi connectivity index (χ2v) is 5.75. The minimum atomic E-state index is -0.899. The van der Waals surface area contributed by atoms with Crippen molar-refractivity contribution in [3.05, 3.63) is 53.4 Å². The number of hydrogen-bond donors (Lipinski definition) is 1. The zero-order valence-electron chi connectivity index (χ0n) is 12.8. The summed E-state index contributed by atoms with van der Waals surface area (Å²) < 4.78 is 7.34. The Morgan fingerprint density at radius 3 is 2.77 bits per heavy atom. The summed E-state index contributed by atoms with van der Waals surface area (Å²) in [4.78, 5) is 15.9. The Morgan fingerprint density at radius 1 is 1.41 bits per heavy atom. The standard InChI is InChI=1S/C17H18N2O3/c1-10(2)16-15(17(20)21)12-5-4-11(3)8-13(12)19(16)9-14-18-6-7-22-14/h4-8,10H,9H2,1-3H3,(H,20,21). The van der Waals surface area contributed by atoms with Gasteiger partial charge in [0.15, 0.2) is 0 Å². The van der Waals surface area contributed by atoms with Crippen molar-refractivity contribution in [1.29, 1.82) is 0 Å². The van der Waals surface area contributed by atoms with Gasteiger partial charge in [0.1, 0.15) is 6.26 Å². The number of hydrogen-bond acceptors (Lipinski definition) is 3. The van der Waals surface area contributed by atoms with Crippen LogP contribution in [0.4, 0.5) is 0 Å². The Hall–Kier alpha value is -2.56. The van der Waals surface area contributed by atoms with Crippen LogP contribution in [-0.2, 0) is 6.54 Å². The molecule has 3 aromatic rings. The van der Waals surface area contributed by atoms with Crippen molar-refractivity contribution in [2.45, 2.75) is 33.2 Å². The largest absolute Gasteiger partial charge is 0.478 e. The van der Waals surface area contributed by atoms with Crippen molar-refractivity contribution in [1.82, 2.24) is 9.55 Å². The highest BCUT2D eigenvalue weighted by Crippen LogP contribution is 2.32. The van der Waals surface area contributed by atoms with Crippen LogP contribution in [0, 0.1) is 6.92 Å². The topological polar surface area (TPSA) is 68.3 Å². The molecule has 1 aromatic carbocycles. The number of aryl methyl sites for hydroxylation is 1. The van der Waals surface area contributed by atoms with E-state index in [0.29, 0.717) is 18.0 Å². The quantitative estimate of drug-likeness (QED) is 0.795. The predicted molar refractivity (Wildman–Crippen MR) is 83.3 cm³/mol. The zero-order chi connectivity index (χ0) is 15.9. The van der Waals surface area contributed by atoms with E-state index in [-0.39, 0.29) is 5.92 Å². The molecule has 0 spiro atoms. The average molecular weight is 298 g/mol. The Morgan fingerprint density at radius 2 is 2.18 bits per heavy atom. The third-order valence-electron chi connectivity index (χ3n) is 3.80. The van der Waals surface area contributed by atoms with Crippen LogP contribution in [0.25, 0.3) is 10.9 Å². The van der Waals surface area contributed by atoms with E-state index in [1.54, 1.807) is 6.20 Å². The van der Waals surface area contributed by atoms with Crippen molar-refractivity contribution in [3.8, 4) is 0 Å². The SMILES string of the molecule is Cc1ccc2c(C(=O)O)c(C(C)C)n(Cc3ncco3)c2c1. The molecule has 0 saturated carbocycles. The number of rotatable bonds is 4. The summed E-state index contributed by atoms with van der Waals surface area (Å²) in [6.45, 7) is 6.42. The van der Waals surface area contributed by atoms with Gasteiger partial charge in [-0.2, -0.15) is 0 Å². The van der Waals surface area contributed by atoms with Crippen LogP contribution in [-0.4, -0.2) is 20.6 Å². The zero-order valence-corrected chi connectivity index (χ0v) is 12.8. The molecule has 114 valence electrons. The van der Waals surface area contributed by atoms with Crippen LogP contribution in [0.2, 0.25) is 0 Å². The molecule has 3 rings (SSSR count). The first-order valence-electron chi connectivity index (χ1n) is 7.23. The molecule has 5 nitrogen and oxygen atoms in total. The molecule has 2 aromatic heterocycles. The minimum Gasteiger partial charge on any atom is -0.478 e. The lowest BCUT2D eigenvalue weighted by atomic mass is 10.0. The Labute approximate surface area is 128 Å². The molecule has 22 heavy (non-hydrogen) atoms. The van der Waals surface area contributed by atoms with Gasteiger partial charge in [-0.15, -0.1) is 0 Å². The van der Waals surface area contributed by atoms with Gasteiger partial charge in [-0.1, -0.05) is 26.0 Å². The number of aromatic carboxylic acids is 1. The number of fused-ring (bicyclic) bond motifs is 1. The summed E-state index contributed by atoms with van der Waals surface area (Å²) in [5.41, 5.74) is 3.16. The lowest BCUT2D eigenvalue weighted by Crippen LogP contribution is -2.10. The predicted octanol–water partition coefficient (Wildman–Crippen LogP) is 3.81. The maximum absolute atomic E-state index is 11.8. The van der Waals surface area contributed by atoms with Gasteiger partial charge < -0.3 is 14.1 Å². The number of oxazole rings is 1. The second-order valence-electron chi connectivity index (χ2n) is 5.75. The van der Waals surface area contributed by atoms with Crippen LogP contribution in [0.15, 0.2) is 35.1 Å². The molecule has 0 radical (unpaired) electrons. The molecule has 0 aliphatic heterocycles. The fourth-order valence-electron chi connectivity index (χ4n) is 2.94. The molecule has 1 N–H and O–H groups in total. The van der Waals surface area contributed by atoms with Crippen molar-refractivity contribution in [2.24, 2.45) is 0 Å². The van der Waals surface area contributed by atoms with Gasteiger partial charge in [-0.3, -0.25) is 0 Å². The number of carboxylic acid groups (broad SMARTS) is 1. The van der Waals surface area contributed by atoms with Crippen LogP contribution in [0.3, 0.4) is 0 Å². The van der Waals surface area contributed by atoms with Gasteiger partial charge in [-0.05, 0) is 24.5 Å². The van der Waals surface area contributed by atoms with E-state index in [4.69, 9.17) is 4.42 Å². The third-order valence-corrected chi connectivity index (χ3v) is 3.80. The second kappa shape index (κ2) is 5.33. The molecule has 0 atom stereocenters. The molecular formula is C17H18N2O3. The van der Waals surface area contributed by atoms with E-state index in [0.717, 1.165) is 22.2 Å². The third kappa shape index (κ3) is 2.28. The molecule has 0 unspecified atom stereocenters. The van der Waals surface area contributed by atoms with Gasteiger partial charge >= 0.3 is 5.97 Å². The number of aromatic nitrogens is 2. The molecule has 0 fully saturated rings. The minimum absolute atomic E-state index is 0.0776. The first-order chi connectivity index (χ1) is 10.5. The smallest absolute Gasteiger partial charge is 0.338 e. The molecule has 2 heterocycles. The van der Waals surface area contributed by atoms with Crippen LogP contribution in [0.1, 0.15) is 47.3 Å². The Balaban J connectivity index is 2.33. The van der Waals surface area contributed by atoms with Gasteiger partial charge in [0, 0.05) is 16.6 Å². The van der Waals surface area contributed by atoms with Gasteiger partial charge in [0.2, 0.25) is 5.89 Å². The number of carboxylic acids is 1. The van der Waals surface area contributed by atoms with E-state index in [9.17, 15) is 9.90 Å². The van der Waals surface area contributed by atoms with Crippen molar-refractivity contribution < 1.29 is 14.3 Å². The first-order valence-corrected chi connectivity index (χ1v) is 7.23. The van der Waals surface area contributed by atoms with E-state index >= 15 is 0 Å². The summed E-state index contributed by atoms with van der Waals surface area (Å²) >= 11 is 0. The first kappa shape index (κ1) is 14.4. The van der Waals surface area contributed by atoms with Crippen molar-refractivity contribution in [2.75, 3.05) is 0 Å². The van der Waals surface area contributed by atoms with Crippen molar-refractivity contribution in [3.63, 3.8) is 0 Å². The summed E-state index contributed by atoms with van der Waals surface area (Å²) in [6, 6.07) is 5.83. The number of benzene rings is 1. The summed E-state index contributed by atoms with van der Waals surface area (Å²) in [6.07, 6.45) is 3.12. The summed E-state index contributed by atoms with van der Waals surface area (Å²) in [5.74, 6) is -0.255. The van der Waals surface area contributed by atoms with Gasteiger partial charge in [-0.25, -0.2) is 9.78 Å². The average Bonchev–Trinajstić information content (AvgIpc) is 3.05. The van der Waals surface area contributed by atoms with Crippen LogP contribution < -0.4 is 0 Å². The lowest BCUT2D eigenvalue weighted by molar-refractivity contribution is 0.0697. The fraction of sp³-hybridized carbons (Fsp3) is 0.294. The molecule has 0 bridgehead atoms. The van der Waals surface area contributed by atoms with Crippen LogP contribution >= 0.6 is 0 Å². The van der Waals surface area contributed by atoms with E-state index in [1.807, 2.05) is 43.5 Å². The Kier molecular flexibility index (Phi) is 3.48. The molecule has 0 aliphatic carbocycles. The van der Waals surface area contributed by atoms with Gasteiger partial charge in [0.05, 0.1) is 18.3 Å². The summed E-state index contributed by atoms with van der Waals surface area (Å²) in [5, 5.41) is 10.4. The van der Waals surface area contributed by atoms with E-state index in [1.165, 1.54) is 6.26 Å². The van der Waals surface area contributed by atoms with Crippen LogP contribution in [0.5, 0.6) is 0 Å². The lowest BCUT2D eigenvalue weighted by Gasteiger charge is -2.12. The highest BCUT2D eigenvalue weighted by Gasteiger charge is 2.24. The fourth-order valence-corrected chi connectivity index (χ4v) is 2.94. The monoisotopic (exact) mass is 298 g/mol. The highest BCUT2D eigenvalue weighted by molar-refractivity contribution is 6.05. The normalized spacial score (nSPS) is 11.5. The van der Waals surface area contributed by atoms with Crippen molar-refractivity contribution >= 4 is 16.9 Å². The molecular weight excluding hydrogens is 280 g/mol. The number of nitrogens with zero attached hydrogens (tertiary/aromatic N) is 2. The maximum atomic E-state index is 11.8. The van der Waals surface area contributed by atoms with Gasteiger partial charge in [0.25, 0.3) is 0 Å². The summed E-state index contributed by atoms with van der Waals surface area (Å²) in [7, 11) is 0. The maximum Gasteiger partial charge on any atom is 0.338 e. The molecule has 0 aliphatic rings.